The van der Waals surface area contributed by atoms with Crippen LogP contribution in [-0.4, -0.2) is 41.7 Å². The Labute approximate surface area is 113 Å². The highest BCUT2D eigenvalue weighted by atomic mass is 16.5. The molecule has 1 aliphatic carbocycles. The fraction of sp³-hybridized carbons (Fsp3) is 0.533. The van der Waals surface area contributed by atoms with Crippen molar-refractivity contribution in [2.75, 3.05) is 19.8 Å². The van der Waals surface area contributed by atoms with Crippen molar-refractivity contribution in [3.63, 3.8) is 0 Å². The van der Waals surface area contributed by atoms with Gasteiger partial charge in [0.25, 0.3) is 5.91 Å². The summed E-state index contributed by atoms with van der Waals surface area (Å²) in [5.74, 6) is 0.374. The minimum absolute atomic E-state index is 0.152. The first-order valence-corrected chi connectivity index (χ1v) is 6.88. The SMILES string of the molecule is O=C(C(O)c1ccccc1)N1CCOCC1C1CC1. The van der Waals surface area contributed by atoms with Crippen LogP contribution in [0.2, 0.25) is 0 Å². The number of amides is 1. The number of rotatable bonds is 3. The molecule has 0 spiro atoms. The van der Waals surface area contributed by atoms with Crippen LogP contribution in [0.1, 0.15) is 24.5 Å². The zero-order valence-electron chi connectivity index (χ0n) is 10.9. The summed E-state index contributed by atoms with van der Waals surface area (Å²) in [6.45, 7) is 1.76. The second-order valence-corrected chi connectivity index (χ2v) is 5.32. The van der Waals surface area contributed by atoms with Crippen LogP contribution in [0.25, 0.3) is 0 Å². The van der Waals surface area contributed by atoms with E-state index in [1.807, 2.05) is 23.1 Å². The van der Waals surface area contributed by atoms with Crippen molar-refractivity contribution >= 4 is 5.91 Å². The predicted molar refractivity (Wildman–Crippen MR) is 70.4 cm³/mol. The largest absolute Gasteiger partial charge is 0.378 e. The minimum atomic E-state index is -1.06. The van der Waals surface area contributed by atoms with Crippen molar-refractivity contribution in [3.8, 4) is 0 Å². The van der Waals surface area contributed by atoms with Gasteiger partial charge in [-0.2, -0.15) is 0 Å². The Balaban J connectivity index is 1.74. The molecule has 1 aliphatic heterocycles. The Morgan fingerprint density at radius 2 is 2.05 bits per heavy atom. The molecule has 2 aliphatic rings. The van der Waals surface area contributed by atoms with Crippen molar-refractivity contribution in [2.45, 2.75) is 25.0 Å². The molecule has 0 aromatic heterocycles. The standard InChI is InChI=1S/C15H19NO3/c17-14(12-4-2-1-3-5-12)15(18)16-8-9-19-10-13(16)11-6-7-11/h1-5,11,13-14,17H,6-10H2. The lowest BCUT2D eigenvalue weighted by molar-refractivity contribution is -0.150. The lowest BCUT2D eigenvalue weighted by atomic mass is 10.1. The fourth-order valence-electron chi connectivity index (χ4n) is 2.70. The van der Waals surface area contributed by atoms with E-state index in [1.165, 1.54) is 12.8 Å². The molecule has 4 nitrogen and oxygen atoms in total. The molecule has 0 bridgehead atoms. The molecule has 2 fully saturated rings. The van der Waals surface area contributed by atoms with Gasteiger partial charge < -0.3 is 14.7 Å². The van der Waals surface area contributed by atoms with E-state index >= 15 is 0 Å². The first kappa shape index (κ1) is 12.6. The predicted octanol–water partition coefficient (Wildman–Crippen LogP) is 1.36. The number of aliphatic hydroxyl groups is 1. The summed E-state index contributed by atoms with van der Waals surface area (Å²) in [6, 6.07) is 9.28. The van der Waals surface area contributed by atoms with Crippen LogP contribution in [-0.2, 0) is 9.53 Å². The van der Waals surface area contributed by atoms with Crippen LogP contribution in [0.4, 0.5) is 0 Å². The maximum atomic E-state index is 12.5. The van der Waals surface area contributed by atoms with E-state index in [4.69, 9.17) is 4.74 Å². The third kappa shape index (κ3) is 2.65. The monoisotopic (exact) mass is 261 g/mol. The topological polar surface area (TPSA) is 49.8 Å². The zero-order valence-corrected chi connectivity index (χ0v) is 10.9. The molecule has 1 amide bonds. The van der Waals surface area contributed by atoms with E-state index in [-0.39, 0.29) is 11.9 Å². The summed E-state index contributed by atoms with van der Waals surface area (Å²) >= 11 is 0. The van der Waals surface area contributed by atoms with Gasteiger partial charge >= 0.3 is 0 Å². The highest BCUT2D eigenvalue weighted by Gasteiger charge is 2.40. The normalized spacial score (nSPS) is 25.1. The molecule has 2 atom stereocenters. The molecule has 1 saturated carbocycles. The van der Waals surface area contributed by atoms with Crippen LogP contribution < -0.4 is 0 Å². The van der Waals surface area contributed by atoms with E-state index in [1.54, 1.807) is 12.1 Å². The highest BCUT2D eigenvalue weighted by molar-refractivity contribution is 5.82. The Morgan fingerprint density at radius 1 is 1.32 bits per heavy atom. The first-order valence-electron chi connectivity index (χ1n) is 6.88. The van der Waals surface area contributed by atoms with Gasteiger partial charge in [-0.3, -0.25) is 4.79 Å². The molecule has 1 heterocycles. The minimum Gasteiger partial charge on any atom is -0.378 e. The third-order valence-electron chi connectivity index (χ3n) is 3.96. The van der Waals surface area contributed by atoms with Gasteiger partial charge in [-0.15, -0.1) is 0 Å². The van der Waals surface area contributed by atoms with Crippen LogP contribution >= 0.6 is 0 Å². The molecular weight excluding hydrogens is 242 g/mol. The number of ether oxygens (including phenoxy) is 1. The maximum absolute atomic E-state index is 12.5. The van der Waals surface area contributed by atoms with Gasteiger partial charge in [0, 0.05) is 6.54 Å². The summed E-state index contributed by atoms with van der Waals surface area (Å²) in [5.41, 5.74) is 0.661. The van der Waals surface area contributed by atoms with Gasteiger partial charge in [-0.1, -0.05) is 30.3 Å². The van der Waals surface area contributed by atoms with Crippen LogP contribution in [0.3, 0.4) is 0 Å². The molecule has 1 aromatic carbocycles. The van der Waals surface area contributed by atoms with Crippen LogP contribution in [0.15, 0.2) is 30.3 Å². The number of aliphatic hydroxyl groups excluding tert-OH is 1. The van der Waals surface area contributed by atoms with Crippen molar-refractivity contribution in [2.24, 2.45) is 5.92 Å². The van der Waals surface area contributed by atoms with E-state index in [2.05, 4.69) is 0 Å². The van der Waals surface area contributed by atoms with Gasteiger partial charge in [-0.25, -0.2) is 0 Å². The van der Waals surface area contributed by atoms with Gasteiger partial charge in [-0.05, 0) is 24.3 Å². The summed E-state index contributed by atoms with van der Waals surface area (Å²) in [6.07, 6.45) is 1.28. The zero-order chi connectivity index (χ0) is 13.2. The van der Waals surface area contributed by atoms with E-state index < -0.39 is 6.10 Å². The van der Waals surface area contributed by atoms with E-state index in [0.29, 0.717) is 31.2 Å². The number of benzene rings is 1. The molecule has 102 valence electrons. The molecule has 19 heavy (non-hydrogen) atoms. The van der Waals surface area contributed by atoms with Crippen LogP contribution in [0, 0.1) is 5.92 Å². The van der Waals surface area contributed by atoms with Gasteiger partial charge in [0.15, 0.2) is 6.10 Å². The third-order valence-corrected chi connectivity index (χ3v) is 3.96. The van der Waals surface area contributed by atoms with E-state index in [9.17, 15) is 9.90 Å². The Hall–Kier alpha value is -1.39. The molecule has 2 unspecified atom stereocenters. The molecule has 1 aromatic rings. The van der Waals surface area contributed by atoms with Crippen molar-refractivity contribution < 1.29 is 14.6 Å². The van der Waals surface area contributed by atoms with Crippen LogP contribution in [0.5, 0.6) is 0 Å². The molecule has 1 saturated heterocycles. The van der Waals surface area contributed by atoms with Gasteiger partial charge in [0.2, 0.25) is 0 Å². The molecule has 1 N–H and O–H groups in total. The number of morpholine rings is 1. The summed E-state index contributed by atoms with van der Waals surface area (Å²) in [5, 5.41) is 10.2. The Morgan fingerprint density at radius 3 is 2.74 bits per heavy atom. The number of carbonyl (C=O) groups is 1. The quantitative estimate of drug-likeness (QED) is 0.893. The summed E-state index contributed by atoms with van der Waals surface area (Å²) < 4.78 is 5.47. The number of carbonyl (C=O) groups excluding carboxylic acids is 1. The second-order valence-electron chi connectivity index (χ2n) is 5.32. The lowest BCUT2D eigenvalue weighted by Crippen LogP contribution is -2.51. The number of nitrogens with zero attached hydrogens (tertiary/aromatic N) is 1. The Bertz CT molecular complexity index is 444. The first-order chi connectivity index (χ1) is 9.27. The van der Waals surface area contributed by atoms with E-state index in [0.717, 1.165) is 0 Å². The second kappa shape index (κ2) is 5.31. The van der Waals surface area contributed by atoms with Gasteiger partial charge in [0.05, 0.1) is 19.3 Å². The molecule has 3 rings (SSSR count). The molecule has 0 radical (unpaired) electrons. The smallest absolute Gasteiger partial charge is 0.256 e. The number of hydrogen-bond acceptors (Lipinski definition) is 3. The fourth-order valence-corrected chi connectivity index (χ4v) is 2.70. The van der Waals surface area contributed by atoms with Crippen molar-refractivity contribution in [3.05, 3.63) is 35.9 Å². The summed E-state index contributed by atoms with van der Waals surface area (Å²) in [7, 11) is 0. The van der Waals surface area contributed by atoms with Gasteiger partial charge in [0.1, 0.15) is 0 Å². The highest BCUT2D eigenvalue weighted by Crippen LogP contribution is 2.37. The average molecular weight is 261 g/mol. The maximum Gasteiger partial charge on any atom is 0.256 e. The van der Waals surface area contributed by atoms with Crippen molar-refractivity contribution in [1.29, 1.82) is 0 Å². The summed E-state index contributed by atoms with van der Waals surface area (Å²) in [4.78, 5) is 14.3. The average Bonchev–Trinajstić information content (AvgIpc) is 3.31. The Kier molecular flexibility index (Phi) is 3.53. The molecular formula is C15H19NO3. The van der Waals surface area contributed by atoms with Crippen molar-refractivity contribution in [1.82, 2.24) is 4.90 Å². The molecule has 4 heteroatoms. The number of hydrogen-bond donors (Lipinski definition) is 1. The lowest BCUT2D eigenvalue weighted by Gasteiger charge is -2.37.